The van der Waals surface area contributed by atoms with Crippen LogP contribution in [0.3, 0.4) is 0 Å². The number of nitrogens with one attached hydrogen (secondary N) is 1. The van der Waals surface area contributed by atoms with Crippen LogP contribution in [0.5, 0.6) is 0 Å². The summed E-state index contributed by atoms with van der Waals surface area (Å²) in [5.41, 5.74) is 5.97. The molecular weight excluding hydrogens is 401 g/mol. The Morgan fingerprint density at radius 2 is 1.62 bits per heavy atom. The molecule has 3 aromatic carbocycles. The molecule has 1 aliphatic rings. The molecule has 1 heterocycles. The van der Waals surface area contributed by atoms with Crippen LogP contribution in [-0.2, 0) is 25.7 Å². The number of benzene rings is 3. The zero-order valence-corrected chi connectivity index (χ0v) is 17.5. The Morgan fingerprint density at radius 1 is 0.875 bits per heavy atom. The second kappa shape index (κ2) is 8.71. The lowest BCUT2D eigenvalue weighted by Crippen LogP contribution is -2.18. The molecule has 5 heteroatoms. The molecule has 1 N–H and O–H groups in total. The highest BCUT2D eigenvalue weighted by Crippen LogP contribution is 2.33. The summed E-state index contributed by atoms with van der Waals surface area (Å²) in [4.78, 5) is 22.6. The van der Waals surface area contributed by atoms with Crippen LogP contribution >= 0.6 is 0 Å². The number of amides is 1. The highest BCUT2D eigenvalue weighted by molar-refractivity contribution is 6.04. The van der Waals surface area contributed by atoms with Crippen LogP contribution in [0, 0.1) is 5.82 Å². The molecule has 0 aliphatic heterocycles. The van der Waals surface area contributed by atoms with Crippen molar-refractivity contribution in [2.45, 2.75) is 25.7 Å². The summed E-state index contributed by atoms with van der Waals surface area (Å²) in [6.07, 6.45) is 2.76. The number of carbonyl (C=O) groups is 1. The first kappa shape index (κ1) is 20.1. The van der Waals surface area contributed by atoms with Crippen LogP contribution in [0.2, 0.25) is 0 Å². The number of rotatable bonds is 5. The average molecular weight is 423 g/mol. The van der Waals surface area contributed by atoms with Crippen LogP contribution in [0.15, 0.2) is 78.9 Å². The minimum absolute atomic E-state index is 0.209. The Labute approximate surface area is 186 Å². The lowest BCUT2D eigenvalue weighted by molar-refractivity contribution is 0.102. The second-order valence-electron chi connectivity index (χ2n) is 7.92. The Balaban J connectivity index is 1.52. The molecule has 0 unspecified atom stereocenters. The van der Waals surface area contributed by atoms with Gasteiger partial charge in [-0.25, -0.2) is 14.4 Å². The third kappa shape index (κ3) is 4.14. The first-order valence-electron chi connectivity index (χ1n) is 10.8. The minimum Gasteiger partial charge on any atom is -0.305 e. The van der Waals surface area contributed by atoms with E-state index in [-0.39, 0.29) is 11.7 Å². The van der Waals surface area contributed by atoms with E-state index in [1.165, 1.54) is 11.6 Å². The molecule has 4 aromatic rings. The number of hydrogen-bond donors (Lipinski definition) is 1. The van der Waals surface area contributed by atoms with Crippen LogP contribution in [0.1, 0.15) is 32.9 Å². The molecule has 0 atom stereocenters. The summed E-state index contributed by atoms with van der Waals surface area (Å²) < 4.78 is 13.7. The molecule has 0 fully saturated rings. The van der Waals surface area contributed by atoms with Gasteiger partial charge in [-0.3, -0.25) is 4.79 Å². The second-order valence-corrected chi connectivity index (χ2v) is 7.92. The van der Waals surface area contributed by atoms with E-state index < -0.39 is 0 Å². The fourth-order valence-electron chi connectivity index (χ4n) is 4.10. The molecular formula is C27H22FN3O. The van der Waals surface area contributed by atoms with Crippen molar-refractivity contribution in [1.82, 2.24) is 9.97 Å². The van der Waals surface area contributed by atoms with Gasteiger partial charge in [0.15, 0.2) is 5.82 Å². The Hall–Kier alpha value is -3.86. The predicted octanol–water partition coefficient (Wildman–Crippen LogP) is 5.42. The van der Waals surface area contributed by atoms with Crippen molar-refractivity contribution in [1.29, 1.82) is 0 Å². The maximum atomic E-state index is 13.7. The maximum Gasteiger partial charge on any atom is 0.256 e. The van der Waals surface area contributed by atoms with Gasteiger partial charge in [0.05, 0.1) is 17.1 Å². The fourth-order valence-corrected chi connectivity index (χ4v) is 4.10. The van der Waals surface area contributed by atoms with Crippen molar-refractivity contribution in [2.75, 3.05) is 5.32 Å². The molecule has 1 aliphatic carbocycles. The third-order valence-corrected chi connectivity index (χ3v) is 5.75. The topological polar surface area (TPSA) is 54.9 Å². The number of fused-ring (bicyclic) bond motifs is 3. The van der Waals surface area contributed by atoms with Crippen LogP contribution in [0.25, 0.3) is 11.3 Å². The Morgan fingerprint density at radius 3 is 2.41 bits per heavy atom. The van der Waals surface area contributed by atoms with E-state index in [0.29, 0.717) is 30.6 Å². The van der Waals surface area contributed by atoms with Gasteiger partial charge in [0.2, 0.25) is 0 Å². The van der Waals surface area contributed by atoms with Gasteiger partial charge in [0, 0.05) is 11.1 Å². The summed E-state index contributed by atoms with van der Waals surface area (Å²) in [6, 6.07) is 24.1. The van der Waals surface area contributed by atoms with Gasteiger partial charge < -0.3 is 5.32 Å². The standard InChI is InChI=1S/C27H22FN3O/c28-21-13-14-22-20(17-21)12-16-23-25(22)29-24(15-11-18-7-3-1-4-8-18)26(30-23)31-27(32)19-9-5-2-6-10-19/h1-10,13-14,17H,11-12,15-16H2,(H,30,31,32). The van der Waals surface area contributed by atoms with Crippen molar-refractivity contribution < 1.29 is 9.18 Å². The van der Waals surface area contributed by atoms with Gasteiger partial charge in [0.25, 0.3) is 5.91 Å². The summed E-state index contributed by atoms with van der Waals surface area (Å²) in [5, 5.41) is 2.97. The Kier molecular flexibility index (Phi) is 5.46. The van der Waals surface area contributed by atoms with Gasteiger partial charge in [-0.15, -0.1) is 0 Å². The molecule has 0 radical (unpaired) electrons. The largest absolute Gasteiger partial charge is 0.305 e. The van der Waals surface area contributed by atoms with E-state index in [9.17, 15) is 9.18 Å². The monoisotopic (exact) mass is 423 g/mol. The molecule has 4 nitrogen and oxygen atoms in total. The molecule has 158 valence electrons. The summed E-state index contributed by atoms with van der Waals surface area (Å²) in [5.74, 6) is 0.0504. The van der Waals surface area contributed by atoms with Gasteiger partial charge in [-0.2, -0.15) is 0 Å². The van der Waals surface area contributed by atoms with E-state index in [2.05, 4.69) is 17.4 Å². The number of halogens is 1. The van der Waals surface area contributed by atoms with E-state index in [0.717, 1.165) is 34.6 Å². The Bertz CT molecular complexity index is 1270. The predicted molar refractivity (Wildman–Crippen MR) is 123 cm³/mol. The number of aromatic nitrogens is 2. The van der Waals surface area contributed by atoms with E-state index in [1.807, 2.05) is 36.4 Å². The number of aryl methyl sites for hydroxylation is 4. The summed E-state index contributed by atoms with van der Waals surface area (Å²) >= 11 is 0. The lowest BCUT2D eigenvalue weighted by Gasteiger charge is -2.21. The molecule has 0 spiro atoms. The minimum atomic E-state index is -0.240. The zero-order valence-electron chi connectivity index (χ0n) is 17.5. The van der Waals surface area contributed by atoms with Crippen molar-refractivity contribution in [3.8, 4) is 11.3 Å². The van der Waals surface area contributed by atoms with Crippen molar-refractivity contribution in [2.24, 2.45) is 0 Å². The van der Waals surface area contributed by atoms with Gasteiger partial charge in [-0.05, 0) is 67.1 Å². The summed E-state index contributed by atoms with van der Waals surface area (Å²) in [7, 11) is 0. The molecule has 1 amide bonds. The van der Waals surface area contributed by atoms with E-state index in [4.69, 9.17) is 9.97 Å². The number of carbonyl (C=O) groups excluding carboxylic acids is 1. The average Bonchev–Trinajstić information content (AvgIpc) is 2.83. The highest BCUT2D eigenvalue weighted by atomic mass is 19.1. The van der Waals surface area contributed by atoms with Crippen LogP contribution in [0.4, 0.5) is 10.2 Å². The first-order chi connectivity index (χ1) is 15.7. The van der Waals surface area contributed by atoms with Crippen LogP contribution < -0.4 is 5.32 Å². The van der Waals surface area contributed by atoms with E-state index >= 15 is 0 Å². The quantitative estimate of drug-likeness (QED) is 0.466. The molecule has 32 heavy (non-hydrogen) atoms. The summed E-state index contributed by atoms with van der Waals surface area (Å²) in [6.45, 7) is 0. The van der Waals surface area contributed by atoms with Crippen molar-refractivity contribution >= 4 is 11.7 Å². The van der Waals surface area contributed by atoms with Crippen molar-refractivity contribution in [3.05, 3.63) is 113 Å². The number of anilines is 1. The lowest BCUT2D eigenvalue weighted by atomic mass is 9.91. The third-order valence-electron chi connectivity index (χ3n) is 5.75. The van der Waals surface area contributed by atoms with Gasteiger partial charge >= 0.3 is 0 Å². The molecule has 0 saturated heterocycles. The van der Waals surface area contributed by atoms with Gasteiger partial charge in [0.1, 0.15) is 5.82 Å². The molecule has 5 rings (SSSR count). The zero-order chi connectivity index (χ0) is 21.9. The smallest absolute Gasteiger partial charge is 0.256 e. The molecule has 1 aromatic heterocycles. The molecule has 0 saturated carbocycles. The maximum absolute atomic E-state index is 13.7. The van der Waals surface area contributed by atoms with E-state index in [1.54, 1.807) is 24.3 Å². The van der Waals surface area contributed by atoms with Gasteiger partial charge in [-0.1, -0.05) is 48.5 Å². The van der Waals surface area contributed by atoms with Crippen LogP contribution in [-0.4, -0.2) is 15.9 Å². The normalized spacial score (nSPS) is 12.0. The fraction of sp³-hybridized carbons (Fsp3) is 0.148. The molecule has 0 bridgehead atoms. The first-order valence-corrected chi connectivity index (χ1v) is 10.8. The SMILES string of the molecule is O=C(Nc1nc2c(nc1CCc1ccccc1)-c1ccc(F)cc1CC2)c1ccccc1. The number of nitrogens with zero attached hydrogens (tertiary/aromatic N) is 2. The number of hydrogen-bond acceptors (Lipinski definition) is 3. The van der Waals surface area contributed by atoms with Crippen molar-refractivity contribution in [3.63, 3.8) is 0 Å². The highest BCUT2D eigenvalue weighted by Gasteiger charge is 2.23.